The minimum atomic E-state index is -0.323. The van der Waals surface area contributed by atoms with Crippen LogP contribution in [0.15, 0.2) is 132 Å². The molecule has 0 saturated carbocycles. The van der Waals surface area contributed by atoms with Crippen LogP contribution in [-0.4, -0.2) is 68.3 Å². The Kier molecular flexibility index (Phi) is 18.0. The number of carbonyl (C=O) groups excluding carboxylic acids is 1. The largest absolute Gasteiger partial charge is 0.493 e. The van der Waals surface area contributed by atoms with Gasteiger partial charge in [-0.05, 0) is 165 Å². The van der Waals surface area contributed by atoms with Crippen LogP contribution in [0.4, 0.5) is 5.69 Å². The van der Waals surface area contributed by atoms with Crippen LogP contribution in [0, 0.1) is 11.8 Å². The van der Waals surface area contributed by atoms with Crippen LogP contribution in [0.5, 0.6) is 11.5 Å². The lowest BCUT2D eigenvalue weighted by atomic mass is 9.83. The van der Waals surface area contributed by atoms with Crippen LogP contribution in [0.25, 0.3) is 76.5 Å². The molecule has 12 rings (SSSR count). The number of benzene rings is 9. The molecule has 9 nitrogen and oxygen atoms in total. The molecule has 3 heterocycles. The fourth-order valence-corrected chi connectivity index (χ4v) is 14.4. The number of anilines is 1. The van der Waals surface area contributed by atoms with Gasteiger partial charge in [-0.15, -0.1) is 0 Å². The lowest BCUT2D eigenvalue weighted by molar-refractivity contribution is 0.0453. The summed E-state index contributed by atoms with van der Waals surface area (Å²) >= 11 is 0. The maximum absolute atomic E-state index is 14.5. The van der Waals surface area contributed by atoms with Crippen molar-refractivity contribution in [3.8, 4) is 33.9 Å². The molecule has 0 N–H and O–H groups in total. The van der Waals surface area contributed by atoms with Gasteiger partial charge >= 0.3 is 5.97 Å². The third-order valence-corrected chi connectivity index (χ3v) is 19.2. The van der Waals surface area contributed by atoms with Gasteiger partial charge in [0, 0.05) is 92.8 Å². The highest BCUT2D eigenvalue weighted by Crippen LogP contribution is 2.47. The number of carbonyl (C=O) groups is 1. The second kappa shape index (κ2) is 26.3. The molecule has 0 bridgehead atoms. The van der Waals surface area contributed by atoms with E-state index in [9.17, 15) is 4.79 Å². The van der Waals surface area contributed by atoms with E-state index >= 15 is 0 Å². The van der Waals surface area contributed by atoms with Crippen molar-refractivity contribution in [2.75, 3.05) is 57.4 Å². The third-order valence-electron chi connectivity index (χ3n) is 19.2. The Morgan fingerprint density at radius 2 is 1.12 bits per heavy atom. The fourth-order valence-electron chi connectivity index (χ4n) is 14.4. The van der Waals surface area contributed by atoms with Crippen molar-refractivity contribution in [3.05, 3.63) is 166 Å². The van der Waals surface area contributed by atoms with Crippen molar-refractivity contribution in [2.24, 2.45) is 11.8 Å². The zero-order valence-electron chi connectivity index (χ0n) is 52.5. The predicted molar refractivity (Wildman–Crippen MR) is 357 cm³/mol. The van der Waals surface area contributed by atoms with Gasteiger partial charge in [0.2, 0.25) is 5.36 Å². The summed E-state index contributed by atoms with van der Waals surface area (Å²) in [6.07, 6.45) is 9.58. The summed E-state index contributed by atoms with van der Waals surface area (Å²) in [6.45, 7) is 27.9. The Morgan fingerprint density at radius 1 is 0.570 bits per heavy atom. The van der Waals surface area contributed by atoms with E-state index in [0.29, 0.717) is 23.9 Å². The van der Waals surface area contributed by atoms with E-state index in [1.165, 1.54) is 109 Å². The third kappa shape index (κ3) is 11.7. The van der Waals surface area contributed by atoms with Crippen molar-refractivity contribution < 1.29 is 23.4 Å². The van der Waals surface area contributed by atoms with Crippen LogP contribution in [0.2, 0.25) is 0 Å². The highest BCUT2D eigenvalue weighted by Gasteiger charge is 2.28. The number of fused-ring (bicyclic) bond motifs is 4. The van der Waals surface area contributed by atoms with Crippen LogP contribution in [0.3, 0.4) is 0 Å². The van der Waals surface area contributed by atoms with Crippen molar-refractivity contribution in [3.63, 3.8) is 0 Å². The molecule has 0 spiro atoms. The molecule has 1 aliphatic carbocycles. The van der Waals surface area contributed by atoms with Gasteiger partial charge in [0.15, 0.2) is 0 Å². The van der Waals surface area contributed by atoms with Crippen molar-refractivity contribution in [1.29, 1.82) is 0 Å². The number of unbranched alkanes of at least 4 members (excludes halogenated alkanes) is 2. The zero-order valence-corrected chi connectivity index (χ0v) is 52.5. The molecular weight excluding hydrogens is 1060 g/mol. The monoisotopic (exact) mass is 1150 g/mol. The lowest BCUT2D eigenvalue weighted by Gasteiger charge is -2.32. The van der Waals surface area contributed by atoms with Gasteiger partial charge < -0.3 is 23.5 Å². The summed E-state index contributed by atoms with van der Waals surface area (Å²) < 4.78 is 28.7. The van der Waals surface area contributed by atoms with E-state index in [0.717, 1.165) is 141 Å². The Morgan fingerprint density at radius 3 is 1.65 bits per heavy atom. The SMILES string of the molecule is CCCCC(CC)COc1cc(CN2Cc3ccc4c5ccc6c7c(ccc(c8ccc(c3c48)C2)c75)CN(CCOC(=O)c2ccccc2-c2c3ccc(=[N+](CC)CC)cc-3oc3cc(N(CC)CC)ccc23)C6)cc(OCC(CC)CCCC)c1. The molecule has 3 aliphatic heterocycles. The van der Waals surface area contributed by atoms with Gasteiger partial charge in [-0.1, -0.05) is 133 Å². The van der Waals surface area contributed by atoms with Gasteiger partial charge in [-0.2, -0.15) is 0 Å². The van der Waals surface area contributed by atoms with Gasteiger partial charge in [-0.25, -0.2) is 9.37 Å². The van der Waals surface area contributed by atoms with Gasteiger partial charge in [0.1, 0.15) is 42.5 Å². The van der Waals surface area contributed by atoms with E-state index < -0.39 is 0 Å². The van der Waals surface area contributed by atoms with Gasteiger partial charge in [0.05, 0.1) is 24.8 Å². The number of esters is 1. The second-order valence-corrected chi connectivity index (χ2v) is 24.6. The standard InChI is InChI=1S/C77H89N4O5/c1-9-17-21-51(11-3)49-84-60-39-53(40-61(43-60)85-50-52(12-4)22-18-10-2)44-79-47-56-27-33-65-63-31-25-54-45-78(46-55-26-32-64(75(63)72(54)55)66-34-28-57(48-79)73(56)76(65)66)37-38-83-77(82)67-24-20-19-23-62(67)74-68-35-29-58(80(13-5)14-6)41-70(68)86-71-42-59(30-36-69(71)74)81(15-7)16-8/h19-20,23-36,39-43,51-52H,9-18,21-22,37-38,44-50H2,1-8H3/q+1. The minimum Gasteiger partial charge on any atom is -0.493 e. The molecule has 0 fully saturated rings. The molecule has 86 heavy (non-hydrogen) atoms. The first kappa shape index (κ1) is 58.9. The fraction of sp³-hybridized carbons (Fsp3) is 0.403. The summed E-state index contributed by atoms with van der Waals surface area (Å²) in [5.74, 6) is 3.43. The maximum atomic E-state index is 14.5. The highest BCUT2D eigenvalue weighted by atomic mass is 16.5. The molecule has 9 heteroatoms. The molecule has 4 aliphatic rings. The number of hydrogen-bond donors (Lipinski definition) is 0. The molecule has 446 valence electrons. The molecule has 0 saturated heterocycles. The molecular formula is C77H89N4O5+. The Labute approximate surface area is 509 Å². The molecule has 8 aromatic carbocycles. The number of ether oxygens (including phenoxy) is 3. The van der Waals surface area contributed by atoms with Crippen LogP contribution >= 0.6 is 0 Å². The summed E-state index contributed by atoms with van der Waals surface area (Å²) in [5.41, 5.74) is 11.9. The maximum Gasteiger partial charge on any atom is 0.338 e. The smallest absolute Gasteiger partial charge is 0.338 e. The van der Waals surface area contributed by atoms with Crippen molar-refractivity contribution >= 4 is 65.7 Å². The molecule has 2 unspecified atom stereocenters. The molecule has 8 aromatic rings. The summed E-state index contributed by atoms with van der Waals surface area (Å²) in [7, 11) is 0. The van der Waals surface area contributed by atoms with E-state index in [1.54, 1.807) is 0 Å². The first-order valence-corrected chi connectivity index (χ1v) is 32.8. The quantitative estimate of drug-likeness (QED) is 0.0230. The molecule has 0 radical (unpaired) electrons. The first-order chi connectivity index (χ1) is 42.1. The minimum absolute atomic E-state index is 0.277. The Hall–Kier alpha value is -7.46. The van der Waals surface area contributed by atoms with Crippen LogP contribution < -0.4 is 24.3 Å². The molecule has 0 amide bonds. The average Bonchev–Trinajstić information content (AvgIpc) is 0.813. The summed E-state index contributed by atoms with van der Waals surface area (Å²) in [4.78, 5) is 21.8. The Bertz CT molecular complexity index is 3960. The lowest BCUT2D eigenvalue weighted by Crippen LogP contribution is -2.30. The highest BCUT2D eigenvalue weighted by molar-refractivity contribution is 6.34. The number of nitrogens with zero attached hydrogens (tertiary/aromatic N) is 4. The van der Waals surface area contributed by atoms with Gasteiger partial charge in [-0.3, -0.25) is 9.80 Å². The van der Waals surface area contributed by atoms with Crippen LogP contribution in [0.1, 0.15) is 145 Å². The summed E-state index contributed by atoms with van der Waals surface area (Å²) in [6, 6.07) is 46.6. The average molecular weight is 1150 g/mol. The molecule has 2 atom stereocenters. The predicted octanol–water partition coefficient (Wildman–Crippen LogP) is 17.8. The van der Waals surface area contributed by atoms with E-state index in [2.05, 4.69) is 184 Å². The zero-order chi connectivity index (χ0) is 59.4. The topological polar surface area (TPSA) is 70.6 Å². The Balaban J connectivity index is 0.774. The second-order valence-electron chi connectivity index (χ2n) is 24.6. The van der Waals surface area contributed by atoms with E-state index in [1.807, 2.05) is 18.2 Å². The van der Waals surface area contributed by atoms with E-state index in [-0.39, 0.29) is 12.6 Å². The van der Waals surface area contributed by atoms with Crippen molar-refractivity contribution in [1.82, 2.24) is 14.4 Å². The summed E-state index contributed by atoms with van der Waals surface area (Å²) in [5, 5.41) is 12.9. The van der Waals surface area contributed by atoms with E-state index in [4.69, 9.17) is 18.6 Å². The number of rotatable bonds is 26. The van der Waals surface area contributed by atoms with Crippen LogP contribution in [-0.2, 0) is 37.5 Å². The number of hydrogen-bond acceptors (Lipinski definition) is 8. The normalized spacial score (nSPS) is 14.3. The van der Waals surface area contributed by atoms with Gasteiger partial charge in [0.25, 0.3) is 0 Å². The molecule has 0 aromatic heterocycles. The van der Waals surface area contributed by atoms with Crippen molar-refractivity contribution in [2.45, 2.75) is 139 Å². The first-order valence-electron chi connectivity index (χ1n) is 32.8.